The molecule has 140 valence electrons. The Hall–Kier alpha value is -2.77. The van der Waals surface area contributed by atoms with Crippen molar-refractivity contribution < 1.29 is 0 Å². The lowest BCUT2D eigenvalue weighted by atomic mass is 9.90. The lowest BCUT2D eigenvalue weighted by Gasteiger charge is -2.44. The number of aromatic nitrogens is 7. The van der Waals surface area contributed by atoms with Crippen molar-refractivity contribution in [1.29, 1.82) is 0 Å². The predicted octanol–water partition coefficient (Wildman–Crippen LogP) is 2.86. The molecule has 0 aliphatic carbocycles. The van der Waals surface area contributed by atoms with E-state index in [1.165, 1.54) is 0 Å². The van der Waals surface area contributed by atoms with Crippen LogP contribution in [0.25, 0.3) is 11.6 Å². The van der Waals surface area contributed by atoms with Gasteiger partial charge in [-0.2, -0.15) is 4.98 Å². The van der Waals surface area contributed by atoms with E-state index in [-0.39, 0.29) is 5.54 Å². The highest BCUT2D eigenvalue weighted by Crippen LogP contribution is 2.52. The zero-order valence-electron chi connectivity index (χ0n) is 16.2. The summed E-state index contributed by atoms with van der Waals surface area (Å²) >= 11 is 0. The quantitative estimate of drug-likeness (QED) is 0.711. The van der Waals surface area contributed by atoms with Gasteiger partial charge in [-0.15, -0.1) is 10.2 Å². The van der Waals surface area contributed by atoms with Crippen molar-refractivity contribution in [3.05, 3.63) is 36.1 Å². The molecule has 2 atom stereocenters. The molecule has 8 heteroatoms. The van der Waals surface area contributed by atoms with Crippen LogP contribution >= 0.6 is 0 Å². The van der Waals surface area contributed by atoms with E-state index in [0.717, 1.165) is 54.7 Å². The first-order valence-corrected chi connectivity index (χ1v) is 9.70. The molecule has 3 aromatic rings. The number of aryl methyl sites for hydroxylation is 2. The summed E-state index contributed by atoms with van der Waals surface area (Å²) in [7, 11) is 0. The fraction of sp³-hybridized carbons (Fsp3) is 0.526. The van der Waals surface area contributed by atoms with Gasteiger partial charge in [0, 0.05) is 18.4 Å². The molecule has 0 N–H and O–H groups in total. The Bertz CT molecular complexity index is 1020. The van der Waals surface area contributed by atoms with Crippen molar-refractivity contribution >= 4 is 5.82 Å². The van der Waals surface area contributed by atoms with Crippen LogP contribution in [-0.4, -0.2) is 40.3 Å². The van der Waals surface area contributed by atoms with Gasteiger partial charge in [-0.05, 0) is 39.5 Å². The van der Waals surface area contributed by atoms with Crippen molar-refractivity contribution in [2.24, 2.45) is 0 Å². The van der Waals surface area contributed by atoms with Crippen molar-refractivity contribution in [2.45, 2.75) is 65.0 Å². The number of hydrogen-bond acceptors (Lipinski definition) is 6. The summed E-state index contributed by atoms with van der Waals surface area (Å²) in [6.45, 7) is 8.46. The van der Waals surface area contributed by atoms with Gasteiger partial charge in [-0.1, -0.05) is 13.8 Å². The maximum Gasteiger partial charge on any atom is 0.237 e. The molecule has 2 aliphatic rings. The summed E-state index contributed by atoms with van der Waals surface area (Å²) in [6.07, 6.45) is 9.86. The topological polar surface area (TPSA) is 77.5 Å². The van der Waals surface area contributed by atoms with Gasteiger partial charge in [0.1, 0.15) is 22.9 Å². The summed E-state index contributed by atoms with van der Waals surface area (Å²) < 4.78 is 4.08. The molecule has 1 fully saturated rings. The van der Waals surface area contributed by atoms with Crippen LogP contribution in [0.3, 0.4) is 0 Å². The van der Waals surface area contributed by atoms with Gasteiger partial charge in [0.15, 0.2) is 11.6 Å². The maximum absolute atomic E-state index is 5.03. The maximum atomic E-state index is 5.03. The molecule has 27 heavy (non-hydrogen) atoms. The second-order valence-electron chi connectivity index (χ2n) is 7.49. The molecule has 0 bridgehead atoms. The van der Waals surface area contributed by atoms with Crippen LogP contribution < -0.4 is 4.90 Å². The van der Waals surface area contributed by atoms with E-state index >= 15 is 0 Å². The van der Waals surface area contributed by atoms with Gasteiger partial charge >= 0.3 is 0 Å². The van der Waals surface area contributed by atoms with Crippen molar-refractivity contribution in [1.82, 2.24) is 34.3 Å². The third-order valence-electron chi connectivity index (χ3n) is 6.26. The van der Waals surface area contributed by atoms with E-state index in [1.807, 2.05) is 30.8 Å². The van der Waals surface area contributed by atoms with Crippen LogP contribution in [0.2, 0.25) is 0 Å². The standard InChI is InChI=1S/C19H24N8/c1-5-14-7-8-19(6-2)17-24-23-13(4)26(17)15-11-21-18(22-16(15)27(14)19)25-10-9-20-12(25)3/h9-11,14H,5-8H2,1-4H3/t14-,19+/m1/s1. The molecule has 0 aromatic carbocycles. The highest BCUT2D eigenvalue weighted by molar-refractivity contribution is 5.65. The third-order valence-corrected chi connectivity index (χ3v) is 6.26. The van der Waals surface area contributed by atoms with Gasteiger partial charge in [0.25, 0.3) is 0 Å². The summed E-state index contributed by atoms with van der Waals surface area (Å²) in [5, 5.41) is 9.00. The Balaban J connectivity index is 1.80. The SMILES string of the molecule is CC[C@@H]1CC[C@@]2(CC)c3nnc(C)n3-c3cnc(-n4ccnc4C)nc3N12. The average Bonchev–Trinajstić information content (AvgIpc) is 3.38. The van der Waals surface area contributed by atoms with Gasteiger partial charge in [-0.3, -0.25) is 9.13 Å². The lowest BCUT2D eigenvalue weighted by Crippen LogP contribution is -2.50. The monoisotopic (exact) mass is 364 g/mol. The van der Waals surface area contributed by atoms with Crippen molar-refractivity contribution in [3.8, 4) is 11.6 Å². The predicted molar refractivity (Wildman–Crippen MR) is 101 cm³/mol. The van der Waals surface area contributed by atoms with Crippen molar-refractivity contribution in [2.75, 3.05) is 4.90 Å². The molecule has 2 aliphatic heterocycles. The van der Waals surface area contributed by atoms with Gasteiger partial charge in [0.05, 0.1) is 6.20 Å². The van der Waals surface area contributed by atoms with E-state index in [9.17, 15) is 0 Å². The Morgan fingerprint density at radius 2 is 2.00 bits per heavy atom. The number of fused-ring (bicyclic) bond motifs is 6. The number of hydrogen-bond donors (Lipinski definition) is 0. The average molecular weight is 364 g/mol. The summed E-state index contributed by atoms with van der Waals surface area (Å²) in [4.78, 5) is 16.5. The minimum atomic E-state index is -0.148. The van der Waals surface area contributed by atoms with Crippen LogP contribution in [0.4, 0.5) is 5.82 Å². The zero-order valence-corrected chi connectivity index (χ0v) is 16.2. The number of nitrogens with zero attached hydrogens (tertiary/aromatic N) is 8. The second-order valence-corrected chi connectivity index (χ2v) is 7.49. The number of imidazole rings is 1. The summed E-state index contributed by atoms with van der Waals surface area (Å²) in [5.74, 6) is 4.43. The van der Waals surface area contributed by atoms with Crippen LogP contribution in [0.5, 0.6) is 0 Å². The van der Waals surface area contributed by atoms with E-state index in [4.69, 9.17) is 4.98 Å². The largest absolute Gasteiger partial charge is 0.339 e. The van der Waals surface area contributed by atoms with Crippen LogP contribution in [0, 0.1) is 13.8 Å². The van der Waals surface area contributed by atoms with Crippen LogP contribution in [-0.2, 0) is 5.54 Å². The summed E-state index contributed by atoms with van der Waals surface area (Å²) in [5.41, 5.74) is 0.823. The minimum absolute atomic E-state index is 0.148. The smallest absolute Gasteiger partial charge is 0.237 e. The van der Waals surface area contributed by atoms with E-state index in [0.29, 0.717) is 12.0 Å². The number of rotatable bonds is 3. The van der Waals surface area contributed by atoms with Crippen LogP contribution in [0.1, 0.15) is 57.0 Å². The molecule has 0 amide bonds. The highest BCUT2D eigenvalue weighted by Gasteiger charge is 2.53. The molecular weight excluding hydrogens is 340 g/mol. The van der Waals surface area contributed by atoms with Crippen molar-refractivity contribution in [3.63, 3.8) is 0 Å². The zero-order chi connectivity index (χ0) is 18.8. The Labute approximate surface area is 158 Å². The molecule has 3 aromatic heterocycles. The van der Waals surface area contributed by atoms with Gasteiger partial charge < -0.3 is 4.90 Å². The fourth-order valence-electron chi connectivity index (χ4n) is 4.84. The molecule has 0 radical (unpaired) electrons. The first kappa shape index (κ1) is 16.4. The Morgan fingerprint density at radius 3 is 2.70 bits per heavy atom. The fourth-order valence-corrected chi connectivity index (χ4v) is 4.84. The van der Waals surface area contributed by atoms with Gasteiger partial charge in [-0.25, -0.2) is 9.97 Å². The highest BCUT2D eigenvalue weighted by atomic mass is 15.4. The molecule has 0 spiro atoms. The second kappa shape index (κ2) is 5.61. The van der Waals surface area contributed by atoms with E-state index in [1.54, 1.807) is 6.20 Å². The first-order chi connectivity index (χ1) is 13.1. The Kier molecular flexibility index (Phi) is 3.41. The van der Waals surface area contributed by atoms with E-state index in [2.05, 4.69) is 43.5 Å². The minimum Gasteiger partial charge on any atom is -0.339 e. The lowest BCUT2D eigenvalue weighted by molar-refractivity contribution is 0.370. The number of anilines is 1. The van der Waals surface area contributed by atoms with E-state index < -0.39 is 0 Å². The van der Waals surface area contributed by atoms with Crippen LogP contribution in [0.15, 0.2) is 18.6 Å². The molecule has 0 unspecified atom stereocenters. The molecule has 1 saturated heterocycles. The van der Waals surface area contributed by atoms with Gasteiger partial charge in [0.2, 0.25) is 5.95 Å². The molecule has 8 nitrogen and oxygen atoms in total. The molecular formula is C19H24N8. The summed E-state index contributed by atoms with van der Waals surface area (Å²) in [6, 6.07) is 0.445. The molecule has 0 saturated carbocycles. The normalized spacial score (nSPS) is 23.3. The molecule has 5 heterocycles. The molecule has 5 rings (SSSR count). The first-order valence-electron chi connectivity index (χ1n) is 9.70. The Morgan fingerprint density at radius 1 is 1.15 bits per heavy atom. The third kappa shape index (κ3) is 2.01.